The summed E-state index contributed by atoms with van der Waals surface area (Å²) in [7, 11) is 0. The molecule has 1 aliphatic carbocycles. The number of hydrogen-bond donors (Lipinski definition) is 4. The molecule has 0 saturated heterocycles. The van der Waals surface area contributed by atoms with Crippen LogP contribution in [0.15, 0.2) is 72.8 Å². The Balaban J connectivity index is 1.28. The van der Waals surface area contributed by atoms with Crippen molar-refractivity contribution in [3.63, 3.8) is 0 Å². The number of aryl methyl sites for hydroxylation is 1. The van der Waals surface area contributed by atoms with Crippen LogP contribution in [-0.4, -0.2) is 47.4 Å². The third-order valence-electron chi connectivity index (χ3n) is 6.00. The summed E-state index contributed by atoms with van der Waals surface area (Å²) in [5, 5.41) is 22.8. The van der Waals surface area contributed by atoms with Crippen molar-refractivity contribution in [1.82, 2.24) is 5.32 Å². The average Bonchev–Trinajstić information content (AvgIpc) is 3.19. The van der Waals surface area contributed by atoms with Gasteiger partial charge < -0.3 is 20.3 Å². The highest BCUT2D eigenvalue weighted by Gasteiger charge is 2.29. The summed E-state index contributed by atoms with van der Waals surface area (Å²) in [6, 6.07) is 21.9. The van der Waals surface area contributed by atoms with Crippen LogP contribution in [0.5, 0.6) is 0 Å². The van der Waals surface area contributed by atoms with Gasteiger partial charge >= 0.3 is 12.1 Å². The first kappa shape index (κ1) is 24.0. The molecule has 8 nitrogen and oxygen atoms in total. The largest absolute Gasteiger partial charge is 0.480 e. The van der Waals surface area contributed by atoms with Gasteiger partial charge in [-0.05, 0) is 46.4 Å². The lowest BCUT2D eigenvalue weighted by Crippen LogP contribution is -2.43. The Kier molecular flexibility index (Phi) is 7.42. The SMILES string of the molecule is O=C(CCc1ccc(NC(=O)OCC2c3ccccc3-c3ccccc32)cc1)N[C@@H](CO)C(=O)O. The maximum absolute atomic E-state index is 12.4. The first-order valence-electron chi connectivity index (χ1n) is 11.3. The van der Waals surface area contributed by atoms with Gasteiger partial charge in [0.2, 0.25) is 5.91 Å². The van der Waals surface area contributed by atoms with E-state index in [-0.39, 0.29) is 18.9 Å². The van der Waals surface area contributed by atoms with Crippen molar-refractivity contribution in [3.8, 4) is 11.1 Å². The van der Waals surface area contributed by atoms with Gasteiger partial charge in [-0.3, -0.25) is 10.1 Å². The van der Waals surface area contributed by atoms with Crippen molar-refractivity contribution in [2.24, 2.45) is 0 Å². The molecule has 1 atom stereocenters. The number of fused-ring (bicyclic) bond motifs is 3. The molecule has 4 N–H and O–H groups in total. The number of carbonyl (C=O) groups is 3. The number of aliphatic hydroxyl groups is 1. The number of aliphatic carboxylic acids is 1. The number of anilines is 1. The van der Waals surface area contributed by atoms with Gasteiger partial charge in [0, 0.05) is 18.0 Å². The fourth-order valence-corrected chi connectivity index (χ4v) is 4.22. The third-order valence-corrected chi connectivity index (χ3v) is 6.00. The molecule has 2 amide bonds. The smallest absolute Gasteiger partial charge is 0.411 e. The van der Waals surface area contributed by atoms with Gasteiger partial charge in [-0.1, -0.05) is 60.7 Å². The first-order chi connectivity index (χ1) is 17.0. The standard InChI is InChI=1S/C27H26N2O6/c30-15-24(26(32)33)29-25(31)14-11-17-9-12-18(13-10-17)28-27(34)35-16-23-21-7-3-1-5-19(21)20-6-2-4-8-22(20)23/h1-10,12-13,23-24,30H,11,14-16H2,(H,28,34)(H,29,31)(H,32,33)/t24-/m0/s1. The van der Waals surface area contributed by atoms with E-state index in [1.165, 1.54) is 0 Å². The zero-order valence-electron chi connectivity index (χ0n) is 18.9. The van der Waals surface area contributed by atoms with Crippen LogP contribution in [0, 0.1) is 0 Å². The van der Waals surface area contributed by atoms with Crippen molar-refractivity contribution in [2.45, 2.75) is 24.8 Å². The van der Waals surface area contributed by atoms with Gasteiger partial charge in [0.15, 0.2) is 0 Å². The zero-order valence-corrected chi connectivity index (χ0v) is 18.9. The maximum Gasteiger partial charge on any atom is 0.411 e. The van der Waals surface area contributed by atoms with Crippen LogP contribution < -0.4 is 10.6 Å². The van der Waals surface area contributed by atoms with Gasteiger partial charge in [0.1, 0.15) is 12.6 Å². The minimum Gasteiger partial charge on any atom is -0.480 e. The van der Waals surface area contributed by atoms with Gasteiger partial charge in [-0.15, -0.1) is 0 Å². The van der Waals surface area contributed by atoms with E-state index in [1.807, 2.05) is 24.3 Å². The fourth-order valence-electron chi connectivity index (χ4n) is 4.22. The molecule has 3 aromatic rings. The van der Waals surface area contributed by atoms with Crippen molar-refractivity contribution < 1.29 is 29.3 Å². The number of hydrogen-bond acceptors (Lipinski definition) is 5. The second kappa shape index (κ2) is 10.8. The summed E-state index contributed by atoms with van der Waals surface area (Å²) >= 11 is 0. The highest BCUT2D eigenvalue weighted by Crippen LogP contribution is 2.44. The van der Waals surface area contributed by atoms with Crippen molar-refractivity contribution in [2.75, 3.05) is 18.5 Å². The van der Waals surface area contributed by atoms with Crippen LogP contribution >= 0.6 is 0 Å². The summed E-state index contributed by atoms with van der Waals surface area (Å²) in [5.41, 5.74) is 6.01. The number of carboxylic acids is 1. The average molecular weight is 475 g/mol. The van der Waals surface area contributed by atoms with E-state index < -0.39 is 30.6 Å². The minimum atomic E-state index is -1.31. The molecule has 8 heteroatoms. The number of ether oxygens (including phenoxy) is 1. The Morgan fingerprint density at radius 2 is 1.49 bits per heavy atom. The summed E-state index contributed by atoms with van der Waals surface area (Å²) in [6.45, 7) is -0.449. The molecule has 0 heterocycles. The molecule has 0 fully saturated rings. The molecule has 0 unspecified atom stereocenters. The Bertz CT molecular complexity index is 1180. The number of carbonyl (C=O) groups excluding carboxylic acids is 2. The lowest BCUT2D eigenvalue weighted by molar-refractivity contribution is -0.142. The molecule has 0 radical (unpaired) electrons. The fraction of sp³-hybridized carbons (Fsp3) is 0.222. The van der Waals surface area contributed by atoms with Crippen molar-refractivity contribution >= 4 is 23.7 Å². The molecule has 4 rings (SSSR count). The van der Waals surface area contributed by atoms with Crippen LogP contribution in [0.2, 0.25) is 0 Å². The van der Waals surface area contributed by atoms with Crippen LogP contribution in [0.1, 0.15) is 29.0 Å². The number of amides is 2. The maximum atomic E-state index is 12.4. The summed E-state index contributed by atoms with van der Waals surface area (Å²) < 4.78 is 5.55. The molecule has 35 heavy (non-hydrogen) atoms. The second-order valence-corrected chi connectivity index (χ2v) is 8.29. The normalized spacial score (nSPS) is 12.8. The highest BCUT2D eigenvalue weighted by atomic mass is 16.5. The molecular formula is C27H26N2O6. The Hall–Kier alpha value is -4.17. The van der Waals surface area contributed by atoms with Gasteiger partial charge in [-0.25, -0.2) is 9.59 Å². The quantitative estimate of drug-likeness (QED) is 0.376. The molecule has 3 aromatic carbocycles. The Labute approximate surface area is 202 Å². The van der Waals surface area contributed by atoms with E-state index in [2.05, 4.69) is 34.9 Å². The summed E-state index contributed by atoms with van der Waals surface area (Å²) in [4.78, 5) is 35.2. The summed E-state index contributed by atoms with van der Waals surface area (Å²) in [5.74, 6) is -1.77. The molecular weight excluding hydrogens is 448 g/mol. The second-order valence-electron chi connectivity index (χ2n) is 8.29. The monoisotopic (exact) mass is 474 g/mol. The van der Waals surface area contributed by atoms with Gasteiger partial charge in [-0.2, -0.15) is 0 Å². The predicted molar refractivity (Wildman–Crippen MR) is 130 cm³/mol. The van der Waals surface area contributed by atoms with Crippen LogP contribution in [0.3, 0.4) is 0 Å². The number of benzene rings is 3. The summed E-state index contributed by atoms with van der Waals surface area (Å²) in [6.07, 6.45) is -0.0969. The Morgan fingerprint density at radius 1 is 0.886 bits per heavy atom. The molecule has 0 bridgehead atoms. The van der Waals surface area contributed by atoms with E-state index in [0.717, 1.165) is 27.8 Å². The van der Waals surface area contributed by atoms with E-state index in [0.29, 0.717) is 12.1 Å². The molecule has 0 aliphatic heterocycles. The first-order valence-corrected chi connectivity index (χ1v) is 11.3. The van der Waals surface area contributed by atoms with Crippen molar-refractivity contribution in [1.29, 1.82) is 0 Å². The van der Waals surface area contributed by atoms with E-state index >= 15 is 0 Å². The van der Waals surface area contributed by atoms with Crippen LogP contribution in [-0.2, 0) is 20.7 Å². The molecule has 0 spiro atoms. The minimum absolute atomic E-state index is 0.0202. The number of rotatable bonds is 9. The van der Waals surface area contributed by atoms with E-state index in [1.54, 1.807) is 24.3 Å². The van der Waals surface area contributed by atoms with E-state index in [4.69, 9.17) is 14.9 Å². The van der Waals surface area contributed by atoms with Gasteiger partial charge in [0.05, 0.1) is 6.61 Å². The van der Waals surface area contributed by atoms with Crippen LogP contribution in [0.25, 0.3) is 11.1 Å². The van der Waals surface area contributed by atoms with Gasteiger partial charge in [0.25, 0.3) is 0 Å². The molecule has 0 aromatic heterocycles. The lowest BCUT2D eigenvalue weighted by Gasteiger charge is -2.15. The lowest BCUT2D eigenvalue weighted by atomic mass is 9.98. The molecule has 1 aliphatic rings. The molecule has 0 saturated carbocycles. The number of carboxylic acid groups (broad SMARTS) is 1. The third kappa shape index (κ3) is 5.67. The number of aliphatic hydroxyl groups excluding tert-OH is 1. The highest BCUT2D eigenvalue weighted by molar-refractivity contribution is 5.85. The predicted octanol–water partition coefficient (Wildman–Crippen LogP) is 3.54. The topological polar surface area (TPSA) is 125 Å². The zero-order chi connectivity index (χ0) is 24.8. The Morgan fingerprint density at radius 3 is 2.06 bits per heavy atom. The molecule has 180 valence electrons. The van der Waals surface area contributed by atoms with E-state index in [9.17, 15) is 14.4 Å². The van der Waals surface area contributed by atoms with Crippen molar-refractivity contribution in [3.05, 3.63) is 89.5 Å². The van der Waals surface area contributed by atoms with Crippen LogP contribution in [0.4, 0.5) is 10.5 Å². The number of nitrogens with one attached hydrogen (secondary N) is 2.